The smallest absolute Gasteiger partial charge is 0.131 e. The maximum Gasteiger partial charge on any atom is 0.131 e. The number of aromatic nitrogens is 2. The van der Waals surface area contributed by atoms with E-state index in [0.29, 0.717) is 5.82 Å². The summed E-state index contributed by atoms with van der Waals surface area (Å²) in [5.74, 6) is -0.761. The van der Waals surface area contributed by atoms with Gasteiger partial charge in [0.05, 0.1) is 12.7 Å². The van der Waals surface area contributed by atoms with Crippen molar-refractivity contribution in [3.63, 3.8) is 0 Å². The van der Waals surface area contributed by atoms with Crippen LogP contribution in [0.1, 0.15) is 11.1 Å². The molecule has 3 nitrogen and oxygen atoms in total. The zero-order valence-electron chi connectivity index (χ0n) is 8.74. The summed E-state index contributed by atoms with van der Waals surface area (Å²) in [6, 6.07) is 3.75. The minimum absolute atomic E-state index is 0.00181. The molecule has 0 spiro atoms. The van der Waals surface area contributed by atoms with Gasteiger partial charge in [0.2, 0.25) is 0 Å². The molecule has 0 amide bonds. The maximum atomic E-state index is 13.4. The molecule has 0 saturated heterocycles. The number of nitrogens with zero attached hydrogens (tertiary/aromatic N) is 2. The van der Waals surface area contributed by atoms with E-state index in [4.69, 9.17) is 5.73 Å². The van der Waals surface area contributed by atoms with Crippen LogP contribution in [0.5, 0.6) is 0 Å². The standard InChI is InChI=1S/C11H11F2N3/c1-7-5-15-16(11(7)14)6-8-9(12)3-2-4-10(8)13/h2-5H,6,14H2,1H3. The Morgan fingerprint density at radius 3 is 2.44 bits per heavy atom. The maximum absolute atomic E-state index is 13.4. The second-order valence-corrected chi connectivity index (χ2v) is 3.57. The number of nitrogen functional groups attached to an aromatic ring is 1. The molecule has 0 saturated carbocycles. The molecule has 1 aromatic heterocycles. The zero-order valence-corrected chi connectivity index (χ0v) is 8.74. The summed E-state index contributed by atoms with van der Waals surface area (Å²) >= 11 is 0. The van der Waals surface area contributed by atoms with Crippen LogP contribution < -0.4 is 5.73 Å². The van der Waals surface area contributed by atoms with E-state index in [9.17, 15) is 8.78 Å². The van der Waals surface area contributed by atoms with Crippen molar-refractivity contribution in [2.75, 3.05) is 5.73 Å². The van der Waals surface area contributed by atoms with Crippen molar-refractivity contribution in [1.82, 2.24) is 9.78 Å². The van der Waals surface area contributed by atoms with E-state index in [-0.39, 0.29) is 12.1 Å². The molecule has 0 aliphatic heterocycles. The molecule has 0 aliphatic carbocycles. The van der Waals surface area contributed by atoms with Crippen LogP contribution >= 0.6 is 0 Å². The molecule has 5 heteroatoms. The Morgan fingerprint density at radius 1 is 1.31 bits per heavy atom. The number of rotatable bonds is 2. The minimum Gasteiger partial charge on any atom is -0.384 e. The van der Waals surface area contributed by atoms with E-state index < -0.39 is 11.6 Å². The van der Waals surface area contributed by atoms with Gasteiger partial charge in [0.15, 0.2) is 0 Å². The van der Waals surface area contributed by atoms with Gasteiger partial charge in [-0.25, -0.2) is 13.5 Å². The van der Waals surface area contributed by atoms with Crippen LogP contribution in [0.2, 0.25) is 0 Å². The van der Waals surface area contributed by atoms with E-state index in [1.165, 1.54) is 22.9 Å². The fraction of sp³-hybridized carbons (Fsp3) is 0.182. The molecule has 0 fully saturated rings. The highest BCUT2D eigenvalue weighted by atomic mass is 19.1. The number of hydrogen-bond acceptors (Lipinski definition) is 2. The van der Waals surface area contributed by atoms with E-state index >= 15 is 0 Å². The van der Waals surface area contributed by atoms with Gasteiger partial charge in [0.1, 0.15) is 17.5 Å². The predicted octanol–water partition coefficient (Wildman–Crippen LogP) is 2.10. The molecule has 84 valence electrons. The summed E-state index contributed by atoms with van der Waals surface area (Å²) in [6.07, 6.45) is 1.56. The monoisotopic (exact) mass is 223 g/mol. The molecule has 2 rings (SSSR count). The van der Waals surface area contributed by atoms with Crippen LogP contribution in [-0.2, 0) is 6.54 Å². The van der Waals surface area contributed by atoms with Crippen molar-refractivity contribution >= 4 is 5.82 Å². The largest absolute Gasteiger partial charge is 0.384 e. The van der Waals surface area contributed by atoms with Crippen LogP contribution in [0.25, 0.3) is 0 Å². The normalized spacial score (nSPS) is 10.7. The van der Waals surface area contributed by atoms with E-state index in [0.717, 1.165) is 5.56 Å². The lowest BCUT2D eigenvalue weighted by Gasteiger charge is -2.06. The SMILES string of the molecule is Cc1cnn(Cc2c(F)cccc2F)c1N. The summed E-state index contributed by atoms with van der Waals surface area (Å²) in [6.45, 7) is 1.79. The summed E-state index contributed by atoms with van der Waals surface area (Å²) in [4.78, 5) is 0. The Labute approximate surface area is 91.5 Å². The highest BCUT2D eigenvalue weighted by Crippen LogP contribution is 2.16. The third-order valence-electron chi connectivity index (χ3n) is 2.44. The molecule has 16 heavy (non-hydrogen) atoms. The third kappa shape index (κ3) is 1.76. The topological polar surface area (TPSA) is 43.8 Å². The Morgan fingerprint density at radius 2 is 1.94 bits per heavy atom. The molecule has 0 radical (unpaired) electrons. The van der Waals surface area contributed by atoms with Gasteiger partial charge in [-0.2, -0.15) is 5.10 Å². The first-order valence-electron chi connectivity index (χ1n) is 4.80. The number of aryl methyl sites for hydroxylation is 1. The lowest BCUT2D eigenvalue weighted by atomic mass is 10.2. The number of anilines is 1. The molecule has 0 bridgehead atoms. The van der Waals surface area contributed by atoms with Crippen molar-refractivity contribution in [3.05, 3.63) is 47.2 Å². The van der Waals surface area contributed by atoms with E-state index in [1.807, 2.05) is 0 Å². The summed E-state index contributed by atoms with van der Waals surface area (Å²) in [5, 5.41) is 3.95. The van der Waals surface area contributed by atoms with Gasteiger partial charge in [-0.05, 0) is 19.1 Å². The van der Waals surface area contributed by atoms with Crippen molar-refractivity contribution in [3.8, 4) is 0 Å². The number of halogens is 2. The summed E-state index contributed by atoms with van der Waals surface area (Å²) < 4.78 is 28.1. The zero-order chi connectivity index (χ0) is 11.7. The fourth-order valence-electron chi connectivity index (χ4n) is 1.45. The number of nitrogens with two attached hydrogens (primary N) is 1. The second-order valence-electron chi connectivity index (χ2n) is 3.57. The summed E-state index contributed by atoms with van der Waals surface area (Å²) in [7, 11) is 0. The van der Waals surface area contributed by atoms with Gasteiger partial charge in [-0.15, -0.1) is 0 Å². The molecule has 1 aromatic carbocycles. The van der Waals surface area contributed by atoms with Gasteiger partial charge in [0, 0.05) is 11.1 Å². The summed E-state index contributed by atoms with van der Waals surface area (Å²) in [5.41, 5.74) is 6.46. The van der Waals surface area contributed by atoms with E-state index in [2.05, 4.69) is 5.10 Å². The molecule has 2 N–H and O–H groups in total. The molecule has 0 aliphatic rings. The van der Waals surface area contributed by atoms with Gasteiger partial charge in [-0.3, -0.25) is 0 Å². The number of hydrogen-bond donors (Lipinski definition) is 1. The Bertz CT molecular complexity index is 500. The van der Waals surface area contributed by atoms with Crippen LogP contribution in [0, 0.1) is 18.6 Å². The van der Waals surface area contributed by atoms with Crippen LogP contribution in [-0.4, -0.2) is 9.78 Å². The van der Waals surface area contributed by atoms with Crippen LogP contribution in [0.15, 0.2) is 24.4 Å². The molecular weight excluding hydrogens is 212 g/mol. The van der Waals surface area contributed by atoms with Gasteiger partial charge in [0.25, 0.3) is 0 Å². The minimum atomic E-state index is -0.590. The van der Waals surface area contributed by atoms with Crippen molar-refractivity contribution in [1.29, 1.82) is 0 Å². The third-order valence-corrected chi connectivity index (χ3v) is 2.44. The number of benzene rings is 1. The highest BCUT2D eigenvalue weighted by Gasteiger charge is 2.11. The Hall–Kier alpha value is -1.91. The average Bonchev–Trinajstić information content (AvgIpc) is 2.55. The van der Waals surface area contributed by atoms with Gasteiger partial charge >= 0.3 is 0 Å². The predicted molar refractivity (Wildman–Crippen MR) is 56.8 cm³/mol. The molecular formula is C11H11F2N3. The Balaban J connectivity index is 2.38. The molecule has 1 heterocycles. The average molecular weight is 223 g/mol. The highest BCUT2D eigenvalue weighted by molar-refractivity contribution is 5.38. The lowest BCUT2D eigenvalue weighted by molar-refractivity contribution is 0.535. The van der Waals surface area contributed by atoms with Gasteiger partial charge in [-0.1, -0.05) is 6.07 Å². The quantitative estimate of drug-likeness (QED) is 0.847. The molecule has 0 atom stereocenters. The lowest BCUT2D eigenvalue weighted by Crippen LogP contribution is -2.09. The van der Waals surface area contributed by atoms with Crippen molar-refractivity contribution in [2.24, 2.45) is 0 Å². The fourth-order valence-corrected chi connectivity index (χ4v) is 1.45. The Kier molecular flexibility index (Phi) is 2.60. The van der Waals surface area contributed by atoms with Crippen molar-refractivity contribution < 1.29 is 8.78 Å². The molecule has 2 aromatic rings. The van der Waals surface area contributed by atoms with Crippen LogP contribution in [0.4, 0.5) is 14.6 Å². The first-order chi connectivity index (χ1) is 7.59. The molecule has 0 unspecified atom stereocenters. The van der Waals surface area contributed by atoms with Crippen LogP contribution in [0.3, 0.4) is 0 Å². The van der Waals surface area contributed by atoms with Gasteiger partial charge < -0.3 is 5.73 Å². The second kappa shape index (κ2) is 3.92. The first kappa shape index (κ1) is 10.6. The van der Waals surface area contributed by atoms with Crippen molar-refractivity contribution in [2.45, 2.75) is 13.5 Å². The van der Waals surface area contributed by atoms with E-state index in [1.54, 1.807) is 13.1 Å². The first-order valence-corrected chi connectivity index (χ1v) is 4.80.